The van der Waals surface area contributed by atoms with Gasteiger partial charge in [0, 0.05) is 17.9 Å². The van der Waals surface area contributed by atoms with E-state index in [1.165, 1.54) is 0 Å². The van der Waals surface area contributed by atoms with Gasteiger partial charge in [0.1, 0.15) is 6.04 Å². The maximum absolute atomic E-state index is 12.6. The van der Waals surface area contributed by atoms with E-state index in [2.05, 4.69) is 11.4 Å². The van der Waals surface area contributed by atoms with Crippen molar-refractivity contribution in [3.63, 3.8) is 0 Å². The highest BCUT2D eigenvalue weighted by molar-refractivity contribution is 6.01. The lowest BCUT2D eigenvalue weighted by Crippen LogP contribution is -2.33. The quantitative estimate of drug-likeness (QED) is 0.908. The molecule has 0 aliphatic carbocycles. The number of benzene rings is 2. The number of nitrogens with zero attached hydrogens (tertiary/aromatic N) is 2. The van der Waals surface area contributed by atoms with Gasteiger partial charge in [0.25, 0.3) is 0 Å². The van der Waals surface area contributed by atoms with E-state index in [1.807, 2.05) is 24.3 Å². The number of hydrogen-bond donors (Lipinski definition) is 2. The number of anilines is 2. The van der Waals surface area contributed by atoms with Gasteiger partial charge in [-0.05, 0) is 48.4 Å². The molecule has 0 spiro atoms. The van der Waals surface area contributed by atoms with Crippen LogP contribution >= 0.6 is 0 Å². The Kier molecular flexibility index (Phi) is 4.26. The van der Waals surface area contributed by atoms with Gasteiger partial charge in [-0.1, -0.05) is 12.1 Å². The third-order valence-electron chi connectivity index (χ3n) is 3.96. The summed E-state index contributed by atoms with van der Waals surface area (Å²) in [6.45, 7) is 0.619. The van der Waals surface area contributed by atoms with Crippen LogP contribution in [0, 0.1) is 11.3 Å². The molecule has 1 heterocycles. The van der Waals surface area contributed by atoms with E-state index in [0.717, 1.165) is 16.9 Å². The van der Waals surface area contributed by atoms with E-state index < -0.39 is 0 Å². The van der Waals surface area contributed by atoms with Crippen molar-refractivity contribution in [2.24, 2.45) is 0 Å². The van der Waals surface area contributed by atoms with Gasteiger partial charge in [0.05, 0.1) is 18.2 Å². The minimum Gasteiger partial charge on any atom is -0.392 e. The minimum atomic E-state index is -0.278. The molecule has 0 aromatic heterocycles. The summed E-state index contributed by atoms with van der Waals surface area (Å²) in [5.74, 6) is 0.0177. The zero-order valence-corrected chi connectivity index (χ0v) is 12.6. The summed E-state index contributed by atoms with van der Waals surface area (Å²) in [4.78, 5) is 14.3. The van der Waals surface area contributed by atoms with Crippen molar-refractivity contribution in [3.05, 3.63) is 59.7 Å². The Bertz CT molecular complexity index is 750. The lowest BCUT2D eigenvalue weighted by molar-refractivity contribution is -0.117. The first kappa shape index (κ1) is 15.1. The standard InChI is InChI=1S/C18H17N3O2/c19-11-13-4-6-16(7-5-13)21-9-8-17(18(21)23)20-15-3-1-2-14(10-15)12-22/h1-7,10,17,20,22H,8-9,12H2. The van der Waals surface area contributed by atoms with Gasteiger partial charge in [-0.2, -0.15) is 5.26 Å². The van der Waals surface area contributed by atoms with E-state index in [4.69, 9.17) is 5.26 Å². The number of rotatable bonds is 4. The minimum absolute atomic E-state index is 0.0177. The van der Waals surface area contributed by atoms with Crippen LogP contribution in [-0.2, 0) is 11.4 Å². The second kappa shape index (κ2) is 6.51. The van der Waals surface area contributed by atoms with Crippen LogP contribution in [0.4, 0.5) is 11.4 Å². The average Bonchev–Trinajstić information content (AvgIpc) is 2.96. The molecular formula is C18H17N3O2. The molecule has 5 nitrogen and oxygen atoms in total. The summed E-state index contributed by atoms with van der Waals surface area (Å²) in [7, 11) is 0. The molecule has 0 radical (unpaired) electrons. The molecule has 2 N–H and O–H groups in total. The van der Waals surface area contributed by atoms with Gasteiger partial charge in [0.2, 0.25) is 5.91 Å². The Morgan fingerprint density at radius 2 is 2.04 bits per heavy atom. The molecule has 0 saturated carbocycles. The number of nitrogens with one attached hydrogen (secondary N) is 1. The van der Waals surface area contributed by atoms with E-state index in [9.17, 15) is 9.90 Å². The monoisotopic (exact) mass is 307 g/mol. The molecule has 2 aromatic carbocycles. The predicted octanol–water partition coefficient (Wildman–Crippen LogP) is 2.27. The zero-order valence-electron chi connectivity index (χ0n) is 12.6. The van der Waals surface area contributed by atoms with Crippen molar-refractivity contribution in [2.45, 2.75) is 19.1 Å². The summed E-state index contributed by atoms with van der Waals surface area (Å²) in [5, 5.41) is 21.3. The second-order valence-electron chi connectivity index (χ2n) is 5.49. The van der Waals surface area contributed by atoms with Crippen LogP contribution in [0.15, 0.2) is 48.5 Å². The molecule has 116 valence electrons. The van der Waals surface area contributed by atoms with Crippen molar-refractivity contribution in [3.8, 4) is 6.07 Å². The highest BCUT2D eigenvalue weighted by Crippen LogP contribution is 2.24. The molecule has 1 amide bonds. The summed E-state index contributed by atoms with van der Waals surface area (Å²) >= 11 is 0. The molecule has 23 heavy (non-hydrogen) atoms. The predicted molar refractivity (Wildman–Crippen MR) is 87.9 cm³/mol. The largest absolute Gasteiger partial charge is 0.392 e. The fourth-order valence-electron chi connectivity index (χ4n) is 2.75. The van der Waals surface area contributed by atoms with E-state index in [1.54, 1.807) is 29.2 Å². The molecular weight excluding hydrogens is 290 g/mol. The first-order chi connectivity index (χ1) is 11.2. The molecule has 1 fully saturated rings. The molecule has 3 rings (SSSR count). The highest BCUT2D eigenvalue weighted by atomic mass is 16.3. The SMILES string of the molecule is N#Cc1ccc(N2CCC(Nc3cccc(CO)c3)C2=O)cc1. The molecule has 1 aliphatic heterocycles. The third kappa shape index (κ3) is 3.17. The van der Waals surface area contributed by atoms with Gasteiger partial charge < -0.3 is 15.3 Å². The molecule has 1 saturated heterocycles. The molecule has 1 aliphatic rings. The molecule has 2 aromatic rings. The van der Waals surface area contributed by atoms with Crippen LogP contribution in [0.25, 0.3) is 0 Å². The van der Waals surface area contributed by atoms with E-state index >= 15 is 0 Å². The van der Waals surface area contributed by atoms with E-state index in [0.29, 0.717) is 18.5 Å². The van der Waals surface area contributed by atoms with Crippen molar-refractivity contribution in [1.29, 1.82) is 5.26 Å². The van der Waals surface area contributed by atoms with Gasteiger partial charge in [-0.15, -0.1) is 0 Å². The molecule has 1 unspecified atom stereocenters. The van der Waals surface area contributed by atoms with Crippen LogP contribution in [-0.4, -0.2) is 23.6 Å². The average molecular weight is 307 g/mol. The number of hydrogen-bond acceptors (Lipinski definition) is 4. The van der Waals surface area contributed by atoms with Crippen LogP contribution in [0.2, 0.25) is 0 Å². The Balaban J connectivity index is 1.72. The number of carbonyl (C=O) groups is 1. The van der Waals surface area contributed by atoms with Gasteiger partial charge >= 0.3 is 0 Å². The first-order valence-electron chi connectivity index (χ1n) is 7.49. The number of aliphatic hydroxyl groups excluding tert-OH is 1. The second-order valence-corrected chi connectivity index (χ2v) is 5.49. The lowest BCUT2D eigenvalue weighted by atomic mass is 10.2. The topological polar surface area (TPSA) is 76.4 Å². The smallest absolute Gasteiger partial charge is 0.249 e. The van der Waals surface area contributed by atoms with Crippen molar-refractivity contribution < 1.29 is 9.90 Å². The Hall–Kier alpha value is -2.84. The van der Waals surface area contributed by atoms with Crippen molar-refractivity contribution >= 4 is 17.3 Å². The number of carbonyl (C=O) groups excluding carboxylic acids is 1. The van der Waals surface area contributed by atoms with Crippen LogP contribution in [0.3, 0.4) is 0 Å². The fraction of sp³-hybridized carbons (Fsp3) is 0.222. The third-order valence-corrected chi connectivity index (χ3v) is 3.96. The van der Waals surface area contributed by atoms with E-state index in [-0.39, 0.29) is 18.6 Å². The van der Waals surface area contributed by atoms with Crippen LogP contribution in [0.1, 0.15) is 17.5 Å². The van der Waals surface area contributed by atoms with Crippen LogP contribution < -0.4 is 10.2 Å². The van der Waals surface area contributed by atoms with Crippen molar-refractivity contribution in [1.82, 2.24) is 0 Å². The van der Waals surface area contributed by atoms with Gasteiger partial charge in [-0.3, -0.25) is 4.79 Å². The molecule has 5 heteroatoms. The first-order valence-corrected chi connectivity index (χ1v) is 7.49. The summed E-state index contributed by atoms with van der Waals surface area (Å²) in [5.41, 5.74) is 3.03. The summed E-state index contributed by atoms with van der Waals surface area (Å²) in [6.07, 6.45) is 0.711. The normalized spacial score (nSPS) is 17.1. The van der Waals surface area contributed by atoms with Crippen molar-refractivity contribution in [2.75, 3.05) is 16.8 Å². The van der Waals surface area contributed by atoms with Crippen LogP contribution in [0.5, 0.6) is 0 Å². The number of amides is 1. The number of nitriles is 1. The Labute approximate surface area is 134 Å². The lowest BCUT2D eigenvalue weighted by Gasteiger charge is -2.18. The Morgan fingerprint density at radius 3 is 2.74 bits per heavy atom. The van der Waals surface area contributed by atoms with Gasteiger partial charge in [-0.25, -0.2) is 0 Å². The number of aliphatic hydroxyl groups is 1. The maximum atomic E-state index is 12.6. The van der Waals surface area contributed by atoms with Gasteiger partial charge in [0.15, 0.2) is 0 Å². The highest BCUT2D eigenvalue weighted by Gasteiger charge is 2.32. The summed E-state index contributed by atoms with van der Waals surface area (Å²) < 4.78 is 0. The fourth-order valence-corrected chi connectivity index (χ4v) is 2.75. The molecule has 1 atom stereocenters. The zero-order chi connectivity index (χ0) is 16.2. The Morgan fingerprint density at radius 1 is 1.26 bits per heavy atom. The summed E-state index contributed by atoms with van der Waals surface area (Å²) in [6, 6.07) is 16.2. The molecule has 0 bridgehead atoms. The maximum Gasteiger partial charge on any atom is 0.249 e.